The molecule has 2 nitrogen and oxygen atoms in total. The number of halogens is 4. The molecule has 0 saturated heterocycles. The van der Waals surface area contributed by atoms with Crippen LogP contribution in [0.2, 0.25) is 0 Å². The molecule has 4 rings (SSSR count). The highest BCUT2D eigenvalue weighted by Crippen LogP contribution is 2.27. The highest BCUT2D eigenvalue weighted by molar-refractivity contribution is 6.50. The lowest BCUT2D eigenvalue weighted by Gasteiger charge is -2.03. The maximum Gasteiger partial charge on any atom is 0.673 e. The van der Waals surface area contributed by atoms with Gasteiger partial charge in [0.05, 0.1) is 6.20 Å². The maximum atomic E-state index is 9.75. The van der Waals surface area contributed by atoms with Gasteiger partial charge in [0.2, 0.25) is 0 Å². The van der Waals surface area contributed by atoms with Gasteiger partial charge in [-0.3, -0.25) is 5.32 Å². The molecule has 0 radical (unpaired) electrons. The van der Waals surface area contributed by atoms with E-state index in [2.05, 4.69) is 65.0 Å². The SMILES string of the molecule is C1=Cc2cc(-c3ccc4[nH]ccc4c3)ccc2[NH2+]1.F[B-](F)(F)F. The molecule has 1 aromatic heterocycles. The minimum Gasteiger partial charge on any atom is -0.418 e. The number of hydrogen-bond acceptors (Lipinski definition) is 0. The molecule has 0 amide bonds. The topological polar surface area (TPSA) is 32.4 Å². The lowest BCUT2D eigenvalue weighted by Crippen LogP contribution is -2.69. The summed E-state index contributed by atoms with van der Waals surface area (Å²) in [6.07, 6.45) is 6.24. The first kappa shape index (κ1) is 15.4. The molecule has 0 bridgehead atoms. The number of hydrogen-bond donors (Lipinski definition) is 2. The second-order valence-electron chi connectivity index (χ2n) is 5.14. The molecule has 0 spiro atoms. The molecule has 0 atom stereocenters. The molecule has 7 heteroatoms. The Morgan fingerprint density at radius 1 is 0.870 bits per heavy atom. The Bertz CT molecular complexity index is 862. The molecule has 2 heterocycles. The van der Waals surface area contributed by atoms with Gasteiger partial charge in [-0.15, -0.1) is 0 Å². The van der Waals surface area contributed by atoms with E-state index < -0.39 is 7.25 Å². The third-order valence-electron chi connectivity index (χ3n) is 3.52. The standard InChI is InChI=1S/C16H12N2.BF4/c1-3-15-13(5-7-17-15)9-11(1)12-2-4-16-14(10-12)6-8-18-16;2-1(3,4)5/h1-10,17-18H;/q;-1/p+1. The van der Waals surface area contributed by atoms with Crippen molar-refractivity contribution in [2.45, 2.75) is 0 Å². The van der Waals surface area contributed by atoms with Crippen molar-refractivity contribution < 1.29 is 22.6 Å². The van der Waals surface area contributed by atoms with Crippen molar-refractivity contribution in [3.8, 4) is 11.1 Å². The van der Waals surface area contributed by atoms with Gasteiger partial charge in [-0.25, -0.2) is 0 Å². The van der Waals surface area contributed by atoms with E-state index in [9.17, 15) is 17.3 Å². The van der Waals surface area contributed by atoms with Crippen molar-refractivity contribution in [3.05, 3.63) is 60.4 Å². The van der Waals surface area contributed by atoms with Crippen LogP contribution in [0.1, 0.15) is 5.56 Å². The van der Waals surface area contributed by atoms with Crippen LogP contribution in [0.15, 0.2) is 54.9 Å². The Balaban J connectivity index is 0.000000276. The largest absolute Gasteiger partial charge is 0.673 e. The Kier molecular flexibility index (Phi) is 3.96. The van der Waals surface area contributed by atoms with Gasteiger partial charge >= 0.3 is 7.25 Å². The summed E-state index contributed by atoms with van der Waals surface area (Å²) in [6, 6.07) is 15.3. The number of benzene rings is 2. The van der Waals surface area contributed by atoms with Gasteiger partial charge in [-0.05, 0) is 46.8 Å². The molecule has 0 saturated carbocycles. The second-order valence-corrected chi connectivity index (χ2v) is 5.14. The van der Waals surface area contributed by atoms with E-state index >= 15 is 0 Å². The number of nitrogens with one attached hydrogen (secondary N) is 1. The van der Waals surface area contributed by atoms with Gasteiger partial charge in [0.15, 0.2) is 0 Å². The second kappa shape index (κ2) is 5.93. The minimum atomic E-state index is -6.00. The number of rotatable bonds is 1. The van der Waals surface area contributed by atoms with E-state index in [0.29, 0.717) is 0 Å². The maximum absolute atomic E-state index is 9.75. The van der Waals surface area contributed by atoms with E-state index in [1.165, 1.54) is 33.3 Å². The number of aromatic nitrogens is 1. The average molecular weight is 320 g/mol. The summed E-state index contributed by atoms with van der Waals surface area (Å²) in [4.78, 5) is 3.22. The van der Waals surface area contributed by atoms with Gasteiger partial charge < -0.3 is 22.2 Å². The lowest BCUT2D eigenvalue weighted by atomic mass is 10.0. The molecule has 2 aromatic carbocycles. The average Bonchev–Trinajstić information content (AvgIpc) is 3.12. The lowest BCUT2D eigenvalue weighted by molar-refractivity contribution is -0.491. The Morgan fingerprint density at radius 2 is 1.57 bits per heavy atom. The van der Waals surface area contributed by atoms with Crippen LogP contribution < -0.4 is 5.32 Å². The smallest absolute Gasteiger partial charge is 0.418 e. The highest BCUT2D eigenvalue weighted by atomic mass is 19.5. The van der Waals surface area contributed by atoms with Crippen molar-refractivity contribution in [1.82, 2.24) is 4.98 Å². The zero-order chi connectivity index (χ0) is 16.4. The summed E-state index contributed by atoms with van der Waals surface area (Å²) in [5, 5.41) is 3.41. The zero-order valence-corrected chi connectivity index (χ0v) is 11.9. The van der Waals surface area contributed by atoms with E-state index in [1.54, 1.807) is 0 Å². The fourth-order valence-corrected chi connectivity index (χ4v) is 2.54. The van der Waals surface area contributed by atoms with Crippen molar-refractivity contribution in [2.24, 2.45) is 0 Å². The zero-order valence-electron chi connectivity index (χ0n) is 11.9. The van der Waals surface area contributed by atoms with E-state index in [0.717, 1.165) is 0 Å². The fourth-order valence-electron chi connectivity index (χ4n) is 2.54. The van der Waals surface area contributed by atoms with Crippen LogP contribution >= 0.6 is 0 Å². The van der Waals surface area contributed by atoms with Gasteiger partial charge in [0.1, 0.15) is 5.69 Å². The van der Waals surface area contributed by atoms with Crippen molar-refractivity contribution in [2.75, 3.05) is 0 Å². The van der Waals surface area contributed by atoms with Crippen LogP contribution in [0.5, 0.6) is 0 Å². The van der Waals surface area contributed by atoms with E-state index in [-0.39, 0.29) is 0 Å². The van der Waals surface area contributed by atoms with Gasteiger partial charge in [-0.2, -0.15) is 0 Å². The van der Waals surface area contributed by atoms with Crippen LogP contribution in [-0.2, 0) is 0 Å². The molecule has 0 aliphatic carbocycles. The third kappa shape index (κ3) is 3.81. The first-order valence-electron chi connectivity index (χ1n) is 7.00. The molecule has 0 unspecified atom stereocenters. The van der Waals surface area contributed by atoms with Crippen molar-refractivity contribution in [1.29, 1.82) is 0 Å². The van der Waals surface area contributed by atoms with Gasteiger partial charge in [0, 0.05) is 29.4 Å². The van der Waals surface area contributed by atoms with Crippen molar-refractivity contribution in [3.63, 3.8) is 0 Å². The molecular weight excluding hydrogens is 307 g/mol. The molecule has 3 aromatic rings. The summed E-state index contributed by atoms with van der Waals surface area (Å²) in [7, 11) is -6.00. The van der Waals surface area contributed by atoms with E-state index in [1.807, 2.05) is 6.20 Å². The first-order valence-corrected chi connectivity index (χ1v) is 7.00. The molecule has 23 heavy (non-hydrogen) atoms. The summed E-state index contributed by atoms with van der Waals surface area (Å²) in [6.45, 7) is 0. The molecule has 1 aliphatic heterocycles. The van der Waals surface area contributed by atoms with Crippen LogP contribution in [0.4, 0.5) is 23.0 Å². The van der Waals surface area contributed by atoms with Gasteiger partial charge in [0.25, 0.3) is 0 Å². The fraction of sp³-hybridized carbons (Fsp3) is 0. The van der Waals surface area contributed by atoms with Crippen LogP contribution in [0, 0.1) is 0 Å². The highest BCUT2D eigenvalue weighted by Gasteiger charge is 2.20. The summed E-state index contributed by atoms with van der Waals surface area (Å²) < 4.78 is 39.0. The normalized spacial score (nSPS) is 12.9. The Labute approximate surface area is 129 Å². The van der Waals surface area contributed by atoms with Crippen LogP contribution in [0.3, 0.4) is 0 Å². The number of quaternary nitrogens is 1. The Morgan fingerprint density at radius 3 is 2.35 bits per heavy atom. The van der Waals surface area contributed by atoms with Crippen LogP contribution in [-0.4, -0.2) is 12.2 Å². The summed E-state index contributed by atoms with van der Waals surface area (Å²) in [5.74, 6) is 0. The quantitative estimate of drug-likeness (QED) is 0.380. The summed E-state index contributed by atoms with van der Waals surface area (Å²) in [5.41, 5.74) is 6.35. The number of fused-ring (bicyclic) bond motifs is 2. The van der Waals surface area contributed by atoms with Gasteiger partial charge in [-0.1, -0.05) is 6.07 Å². The number of nitrogens with two attached hydrogens (primary N) is 1. The van der Waals surface area contributed by atoms with Crippen LogP contribution in [0.25, 0.3) is 28.1 Å². The number of aromatic amines is 1. The molecule has 1 aliphatic rings. The molecule has 3 N–H and O–H groups in total. The molecular formula is C16H13BF4N2. The monoisotopic (exact) mass is 320 g/mol. The predicted octanol–water partition coefficient (Wildman–Crippen LogP) is 4.31. The Hall–Kier alpha value is -2.54. The molecule has 0 fully saturated rings. The molecule has 118 valence electrons. The van der Waals surface area contributed by atoms with E-state index in [4.69, 9.17) is 0 Å². The first-order chi connectivity index (χ1) is 10.9. The minimum absolute atomic E-state index is 1.19. The predicted molar refractivity (Wildman–Crippen MR) is 84.5 cm³/mol. The number of H-pyrrole nitrogens is 1. The third-order valence-corrected chi connectivity index (χ3v) is 3.52. The summed E-state index contributed by atoms with van der Waals surface area (Å²) >= 11 is 0. The van der Waals surface area contributed by atoms with Crippen molar-refractivity contribution >= 4 is 29.9 Å².